The number of hydrogen-bond acceptors (Lipinski definition) is 6. The molecule has 1 fully saturated rings. The van der Waals surface area contributed by atoms with E-state index < -0.39 is 40.5 Å². The summed E-state index contributed by atoms with van der Waals surface area (Å²) in [7, 11) is 1.42. The molecule has 0 radical (unpaired) electrons. The van der Waals surface area contributed by atoms with Gasteiger partial charge in [-0.15, -0.1) is 4.68 Å². The number of carbonyl (C=O) groups is 1. The molecule has 1 aromatic heterocycles. The SMILES string of the molecule is COc1cccc(F)c1C1CCN(c2cnn(C(=O)OC(C)(C)C)c(=O)c2C(F)(F)F)CC1. The number of rotatable bonds is 3. The van der Waals surface area contributed by atoms with Crippen LogP contribution in [0, 0.1) is 5.82 Å². The molecule has 3 rings (SSSR count). The average molecular weight is 471 g/mol. The molecule has 1 aromatic carbocycles. The van der Waals surface area contributed by atoms with Crippen molar-refractivity contribution in [2.45, 2.75) is 51.3 Å². The fourth-order valence-corrected chi connectivity index (χ4v) is 3.89. The topological polar surface area (TPSA) is 73.7 Å². The van der Waals surface area contributed by atoms with Crippen molar-refractivity contribution in [3.05, 3.63) is 51.7 Å². The molecule has 0 atom stereocenters. The number of aromatic nitrogens is 2. The fourth-order valence-electron chi connectivity index (χ4n) is 3.89. The summed E-state index contributed by atoms with van der Waals surface area (Å²) in [5.74, 6) is -0.321. The van der Waals surface area contributed by atoms with Crippen LogP contribution >= 0.6 is 0 Å². The Bertz CT molecular complexity index is 1080. The minimum absolute atomic E-state index is 0.0779. The Morgan fingerprint density at radius 1 is 1.15 bits per heavy atom. The van der Waals surface area contributed by atoms with E-state index in [1.165, 1.54) is 44.9 Å². The van der Waals surface area contributed by atoms with Crippen LogP contribution in [0.2, 0.25) is 0 Å². The van der Waals surface area contributed by atoms with E-state index >= 15 is 0 Å². The molecule has 0 N–H and O–H groups in total. The first-order valence-corrected chi connectivity index (χ1v) is 10.3. The molecule has 0 spiro atoms. The molecular formula is C22H25F4N3O4. The van der Waals surface area contributed by atoms with Crippen molar-refractivity contribution in [3.63, 3.8) is 0 Å². The molecule has 11 heteroatoms. The molecule has 2 heterocycles. The molecule has 1 aliphatic rings. The van der Waals surface area contributed by atoms with Crippen molar-refractivity contribution in [2.75, 3.05) is 25.1 Å². The monoisotopic (exact) mass is 471 g/mol. The second-order valence-electron chi connectivity index (χ2n) is 8.72. The number of ether oxygens (including phenoxy) is 2. The fraction of sp³-hybridized carbons (Fsp3) is 0.500. The summed E-state index contributed by atoms with van der Waals surface area (Å²) in [5, 5.41) is 3.64. The van der Waals surface area contributed by atoms with Gasteiger partial charge in [-0.2, -0.15) is 18.3 Å². The molecule has 0 saturated carbocycles. The van der Waals surface area contributed by atoms with Crippen LogP contribution in [-0.4, -0.2) is 41.7 Å². The maximum absolute atomic E-state index is 14.4. The molecule has 0 aliphatic carbocycles. The minimum atomic E-state index is -5.02. The quantitative estimate of drug-likeness (QED) is 0.611. The van der Waals surface area contributed by atoms with E-state index in [1.54, 1.807) is 6.07 Å². The van der Waals surface area contributed by atoms with Gasteiger partial charge in [0.1, 0.15) is 22.7 Å². The lowest BCUT2D eigenvalue weighted by atomic mass is 9.88. The van der Waals surface area contributed by atoms with Gasteiger partial charge in [0.05, 0.1) is 19.0 Å². The highest BCUT2D eigenvalue weighted by Crippen LogP contribution is 2.39. The van der Waals surface area contributed by atoms with Gasteiger partial charge in [-0.25, -0.2) is 9.18 Å². The zero-order valence-corrected chi connectivity index (χ0v) is 18.7. The van der Waals surface area contributed by atoms with E-state index in [-0.39, 0.29) is 23.7 Å². The Kier molecular flexibility index (Phi) is 6.71. The smallest absolute Gasteiger partial charge is 0.438 e. The second kappa shape index (κ2) is 9.03. The lowest BCUT2D eigenvalue weighted by molar-refractivity contribution is -0.138. The first kappa shape index (κ1) is 24.5. The van der Waals surface area contributed by atoms with Gasteiger partial charge in [0.25, 0.3) is 5.56 Å². The van der Waals surface area contributed by atoms with Crippen LogP contribution in [0.1, 0.15) is 50.7 Å². The van der Waals surface area contributed by atoms with Crippen molar-refractivity contribution in [3.8, 4) is 5.75 Å². The normalized spacial score (nSPS) is 15.5. The third kappa shape index (κ3) is 5.28. The third-order valence-electron chi connectivity index (χ3n) is 5.28. The standard InChI is InChI=1S/C22H25F4N3O4/c1-21(2,3)33-20(31)29-19(30)18(22(24,25)26)15(12-27-29)28-10-8-13(9-11-28)17-14(23)6-5-7-16(17)32-4/h5-7,12-13H,8-11H2,1-4H3. The van der Waals surface area contributed by atoms with Gasteiger partial charge in [-0.3, -0.25) is 4.79 Å². The molecule has 180 valence electrons. The molecule has 33 heavy (non-hydrogen) atoms. The van der Waals surface area contributed by atoms with Crippen LogP contribution in [0.15, 0.2) is 29.2 Å². The molecule has 0 unspecified atom stereocenters. The van der Waals surface area contributed by atoms with Crippen molar-refractivity contribution in [1.82, 2.24) is 9.78 Å². The molecule has 2 aromatic rings. The average Bonchev–Trinajstić information content (AvgIpc) is 2.71. The lowest BCUT2D eigenvalue weighted by Crippen LogP contribution is -2.41. The largest absolute Gasteiger partial charge is 0.496 e. The van der Waals surface area contributed by atoms with Crippen molar-refractivity contribution >= 4 is 11.8 Å². The number of hydrogen-bond donors (Lipinski definition) is 0. The van der Waals surface area contributed by atoms with Crippen LogP contribution in [-0.2, 0) is 10.9 Å². The van der Waals surface area contributed by atoms with Gasteiger partial charge < -0.3 is 14.4 Å². The number of piperidine rings is 1. The zero-order valence-electron chi connectivity index (χ0n) is 18.7. The summed E-state index contributed by atoms with van der Waals surface area (Å²) >= 11 is 0. The molecular weight excluding hydrogens is 446 g/mol. The van der Waals surface area contributed by atoms with Gasteiger partial charge in [-0.05, 0) is 51.7 Å². The maximum atomic E-state index is 14.4. The first-order valence-electron chi connectivity index (χ1n) is 10.3. The van der Waals surface area contributed by atoms with Crippen LogP contribution in [0.4, 0.5) is 28.0 Å². The minimum Gasteiger partial charge on any atom is -0.496 e. The van der Waals surface area contributed by atoms with E-state index in [4.69, 9.17) is 9.47 Å². The highest BCUT2D eigenvalue weighted by Gasteiger charge is 2.41. The number of methoxy groups -OCH3 is 1. The van der Waals surface area contributed by atoms with Crippen molar-refractivity contribution in [1.29, 1.82) is 0 Å². The number of alkyl halides is 3. The van der Waals surface area contributed by atoms with E-state index in [1.807, 2.05) is 0 Å². The molecule has 0 amide bonds. The van der Waals surface area contributed by atoms with Crippen molar-refractivity contribution < 1.29 is 31.8 Å². The Hall–Kier alpha value is -3.11. The Balaban J connectivity index is 1.91. The number of carbonyl (C=O) groups excluding carboxylic acids is 1. The second-order valence-corrected chi connectivity index (χ2v) is 8.72. The summed E-state index contributed by atoms with van der Waals surface area (Å²) in [4.78, 5) is 26.2. The molecule has 7 nitrogen and oxygen atoms in total. The highest BCUT2D eigenvalue weighted by atomic mass is 19.4. The van der Waals surface area contributed by atoms with E-state index in [0.717, 1.165) is 6.20 Å². The van der Waals surface area contributed by atoms with Gasteiger partial charge >= 0.3 is 12.3 Å². The summed E-state index contributed by atoms with van der Waals surface area (Å²) in [5.41, 5.74) is -4.16. The number of nitrogens with zero attached hydrogens (tertiary/aromatic N) is 3. The summed E-state index contributed by atoms with van der Waals surface area (Å²) < 4.78 is 66.3. The Labute approximate surface area is 187 Å². The molecule has 0 bridgehead atoms. The Morgan fingerprint density at radius 3 is 2.33 bits per heavy atom. The Morgan fingerprint density at radius 2 is 1.79 bits per heavy atom. The number of benzene rings is 1. The van der Waals surface area contributed by atoms with Gasteiger partial charge in [-0.1, -0.05) is 6.07 Å². The van der Waals surface area contributed by atoms with E-state index in [9.17, 15) is 27.2 Å². The van der Waals surface area contributed by atoms with Gasteiger partial charge in [0.15, 0.2) is 0 Å². The zero-order chi connectivity index (χ0) is 24.6. The van der Waals surface area contributed by atoms with Crippen LogP contribution in [0.5, 0.6) is 5.75 Å². The predicted molar refractivity (Wildman–Crippen MR) is 112 cm³/mol. The van der Waals surface area contributed by atoms with Crippen LogP contribution in [0.25, 0.3) is 0 Å². The third-order valence-corrected chi connectivity index (χ3v) is 5.28. The van der Waals surface area contributed by atoms with Crippen LogP contribution in [0.3, 0.4) is 0 Å². The van der Waals surface area contributed by atoms with Gasteiger partial charge in [0.2, 0.25) is 0 Å². The first-order chi connectivity index (χ1) is 15.3. The lowest BCUT2D eigenvalue weighted by Gasteiger charge is -2.35. The van der Waals surface area contributed by atoms with E-state index in [2.05, 4.69) is 5.10 Å². The predicted octanol–water partition coefficient (Wildman–Crippen LogP) is 4.58. The summed E-state index contributed by atoms with van der Waals surface area (Å²) in [6.45, 7) is 4.81. The maximum Gasteiger partial charge on any atom is 0.438 e. The number of halogens is 4. The highest BCUT2D eigenvalue weighted by molar-refractivity contribution is 5.70. The summed E-state index contributed by atoms with van der Waals surface area (Å²) in [6, 6.07) is 4.47. The molecule has 1 aliphatic heterocycles. The molecule has 1 saturated heterocycles. The van der Waals surface area contributed by atoms with Crippen molar-refractivity contribution in [2.24, 2.45) is 0 Å². The van der Waals surface area contributed by atoms with E-state index in [0.29, 0.717) is 24.2 Å². The summed E-state index contributed by atoms with van der Waals surface area (Å²) in [6.07, 6.45) is -4.80. The van der Waals surface area contributed by atoms with Gasteiger partial charge in [0, 0.05) is 18.7 Å². The van der Waals surface area contributed by atoms with Crippen LogP contribution < -0.4 is 15.2 Å². The number of anilines is 1.